The quantitative estimate of drug-likeness (QED) is 0.928. The van der Waals surface area contributed by atoms with Crippen molar-refractivity contribution in [1.82, 2.24) is 14.7 Å². The summed E-state index contributed by atoms with van der Waals surface area (Å²) in [5.41, 5.74) is 0.651. The SMILES string of the molecule is CCC(C)(C(O)c1c(Br)cnn1C)N1CCCC1. The molecule has 0 saturated carbocycles. The maximum Gasteiger partial charge on any atom is 0.115 e. The number of rotatable bonds is 4. The van der Waals surface area contributed by atoms with E-state index in [4.69, 9.17) is 0 Å². The van der Waals surface area contributed by atoms with Gasteiger partial charge in [0.25, 0.3) is 0 Å². The fourth-order valence-electron chi connectivity index (χ4n) is 2.84. The molecule has 0 aliphatic carbocycles. The molecule has 1 fully saturated rings. The Morgan fingerprint density at radius 3 is 2.56 bits per heavy atom. The second-order valence-corrected chi connectivity index (χ2v) is 6.16. The number of aryl methyl sites for hydroxylation is 1. The summed E-state index contributed by atoms with van der Waals surface area (Å²) in [5.74, 6) is 0. The Kier molecular flexibility index (Phi) is 4.14. The molecule has 1 aliphatic rings. The van der Waals surface area contributed by atoms with Gasteiger partial charge >= 0.3 is 0 Å². The van der Waals surface area contributed by atoms with E-state index in [2.05, 4.69) is 39.8 Å². The average Bonchev–Trinajstić information content (AvgIpc) is 2.98. The molecule has 5 heteroatoms. The molecule has 2 atom stereocenters. The Balaban J connectivity index is 2.32. The summed E-state index contributed by atoms with van der Waals surface area (Å²) in [7, 11) is 1.88. The molecule has 0 spiro atoms. The predicted octanol–water partition coefficient (Wildman–Crippen LogP) is 2.48. The van der Waals surface area contributed by atoms with Crippen molar-refractivity contribution in [2.24, 2.45) is 7.05 Å². The summed E-state index contributed by atoms with van der Waals surface area (Å²) in [6.45, 7) is 6.46. The van der Waals surface area contributed by atoms with Crippen molar-refractivity contribution >= 4 is 15.9 Å². The van der Waals surface area contributed by atoms with Crippen LogP contribution in [0.3, 0.4) is 0 Å². The van der Waals surface area contributed by atoms with Gasteiger partial charge in [-0.05, 0) is 55.2 Å². The Hall–Kier alpha value is -0.390. The maximum absolute atomic E-state index is 10.8. The van der Waals surface area contributed by atoms with Gasteiger partial charge < -0.3 is 5.11 Å². The fraction of sp³-hybridized carbons (Fsp3) is 0.769. The van der Waals surface area contributed by atoms with Crippen molar-refractivity contribution in [3.63, 3.8) is 0 Å². The number of hydrogen-bond donors (Lipinski definition) is 1. The van der Waals surface area contributed by atoms with Crippen LogP contribution in [0.5, 0.6) is 0 Å². The smallest absolute Gasteiger partial charge is 0.115 e. The zero-order valence-electron chi connectivity index (χ0n) is 11.4. The van der Waals surface area contributed by atoms with Gasteiger partial charge in [0.05, 0.1) is 16.4 Å². The van der Waals surface area contributed by atoms with Crippen molar-refractivity contribution in [1.29, 1.82) is 0 Å². The minimum atomic E-state index is -0.525. The molecule has 1 N–H and O–H groups in total. The van der Waals surface area contributed by atoms with Gasteiger partial charge in [-0.3, -0.25) is 9.58 Å². The van der Waals surface area contributed by atoms with E-state index in [0.717, 1.165) is 29.7 Å². The Labute approximate surface area is 117 Å². The lowest BCUT2D eigenvalue weighted by atomic mass is 9.87. The van der Waals surface area contributed by atoms with Crippen LogP contribution in [0.25, 0.3) is 0 Å². The zero-order chi connectivity index (χ0) is 13.3. The van der Waals surface area contributed by atoms with Crippen molar-refractivity contribution in [3.05, 3.63) is 16.4 Å². The Morgan fingerprint density at radius 1 is 1.50 bits per heavy atom. The number of nitrogens with zero attached hydrogens (tertiary/aromatic N) is 3. The second-order valence-electron chi connectivity index (χ2n) is 5.31. The first-order valence-electron chi connectivity index (χ1n) is 6.61. The molecule has 0 bridgehead atoms. The first-order chi connectivity index (χ1) is 8.50. The van der Waals surface area contributed by atoms with Crippen LogP contribution in [0, 0.1) is 0 Å². The van der Waals surface area contributed by atoms with Crippen molar-refractivity contribution in [2.45, 2.75) is 44.8 Å². The number of likely N-dealkylation sites (tertiary alicyclic amines) is 1. The van der Waals surface area contributed by atoms with Gasteiger partial charge in [-0.15, -0.1) is 0 Å². The van der Waals surface area contributed by atoms with E-state index in [9.17, 15) is 5.11 Å². The molecular formula is C13H22BrN3O. The minimum absolute atomic E-state index is 0.215. The molecule has 0 amide bonds. The summed E-state index contributed by atoms with van der Waals surface area (Å²) in [4.78, 5) is 2.41. The lowest BCUT2D eigenvalue weighted by molar-refractivity contribution is -0.0187. The monoisotopic (exact) mass is 315 g/mol. The number of hydrogen-bond acceptors (Lipinski definition) is 3. The van der Waals surface area contributed by atoms with Gasteiger partial charge in [0.1, 0.15) is 6.10 Å². The second kappa shape index (κ2) is 5.31. The number of aliphatic hydroxyl groups excluding tert-OH is 1. The third kappa shape index (κ3) is 2.24. The highest BCUT2D eigenvalue weighted by atomic mass is 79.9. The third-order valence-electron chi connectivity index (χ3n) is 4.33. The Morgan fingerprint density at radius 2 is 2.11 bits per heavy atom. The molecule has 0 radical (unpaired) electrons. The average molecular weight is 316 g/mol. The number of halogens is 1. The van der Waals surface area contributed by atoms with Crippen LogP contribution in [0.2, 0.25) is 0 Å². The molecule has 4 nitrogen and oxygen atoms in total. The van der Waals surface area contributed by atoms with Gasteiger partial charge in [0.2, 0.25) is 0 Å². The molecule has 1 aliphatic heterocycles. The highest BCUT2D eigenvalue weighted by Crippen LogP contribution is 2.38. The predicted molar refractivity (Wildman–Crippen MR) is 75.4 cm³/mol. The molecule has 1 saturated heterocycles. The summed E-state index contributed by atoms with van der Waals surface area (Å²) < 4.78 is 2.65. The lowest BCUT2D eigenvalue weighted by Gasteiger charge is -2.42. The zero-order valence-corrected chi connectivity index (χ0v) is 12.9. The molecule has 1 aromatic heterocycles. The minimum Gasteiger partial charge on any atom is -0.385 e. The van der Waals surface area contributed by atoms with Crippen molar-refractivity contribution in [2.75, 3.05) is 13.1 Å². The molecular weight excluding hydrogens is 294 g/mol. The largest absolute Gasteiger partial charge is 0.385 e. The summed E-state index contributed by atoms with van der Waals surface area (Å²) in [5, 5.41) is 15.0. The summed E-state index contributed by atoms with van der Waals surface area (Å²) in [6, 6.07) is 0. The Bertz CT molecular complexity index is 395. The topological polar surface area (TPSA) is 41.3 Å². The molecule has 2 unspecified atom stereocenters. The van der Waals surface area contributed by atoms with E-state index < -0.39 is 6.10 Å². The normalized spacial score (nSPS) is 22.1. The standard InChI is InChI=1S/C13H22BrN3O/c1-4-13(2,17-7-5-6-8-17)12(18)11-10(14)9-15-16(11)3/h9,12,18H,4-8H2,1-3H3. The highest BCUT2D eigenvalue weighted by Gasteiger charge is 2.41. The van der Waals surface area contributed by atoms with Gasteiger partial charge in [0, 0.05) is 12.6 Å². The van der Waals surface area contributed by atoms with Crippen LogP contribution in [0.1, 0.15) is 44.9 Å². The van der Waals surface area contributed by atoms with E-state index in [1.54, 1.807) is 10.9 Å². The summed E-state index contributed by atoms with van der Waals surface area (Å²) in [6.07, 6.45) is 4.61. The molecule has 2 rings (SSSR count). The lowest BCUT2D eigenvalue weighted by Crippen LogP contribution is -2.49. The third-order valence-corrected chi connectivity index (χ3v) is 4.94. The van der Waals surface area contributed by atoms with Gasteiger partial charge in [0.15, 0.2) is 0 Å². The van der Waals surface area contributed by atoms with Crippen LogP contribution in [0.15, 0.2) is 10.7 Å². The highest BCUT2D eigenvalue weighted by molar-refractivity contribution is 9.10. The van der Waals surface area contributed by atoms with Crippen LogP contribution >= 0.6 is 15.9 Å². The first kappa shape index (κ1) is 14.0. The van der Waals surface area contributed by atoms with Gasteiger partial charge in [-0.1, -0.05) is 6.92 Å². The van der Waals surface area contributed by atoms with E-state index >= 15 is 0 Å². The molecule has 1 aromatic rings. The van der Waals surface area contributed by atoms with Gasteiger partial charge in [-0.2, -0.15) is 5.10 Å². The van der Waals surface area contributed by atoms with Crippen molar-refractivity contribution in [3.8, 4) is 0 Å². The summed E-state index contributed by atoms with van der Waals surface area (Å²) >= 11 is 3.49. The molecule has 102 valence electrons. The number of aromatic nitrogens is 2. The molecule has 18 heavy (non-hydrogen) atoms. The van der Waals surface area contributed by atoms with E-state index in [1.807, 2.05) is 7.05 Å². The van der Waals surface area contributed by atoms with Gasteiger partial charge in [-0.25, -0.2) is 0 Å². The fourth-order valence-corrected chi connectivity index (χ4v) is 3.41. The van der Waals surface area contributed by atoms with E-state index in [-0.39, 0.29) is 5.54 Å². The molecule has 0 aromatic carbocycles. The van der Waals surface area contributed by atoms with Crippen LogP contribution in [-0.2, 0) is 7.05 Å². The van der Waals surface area contributed by atoms with Crippen LogP contribution in [-0.4, -0.2) is 38.4 Å². The number of aliphatic hydroxyl groups is 1. The van der Waals surface area contributed by atoms with E-state index in [1.165, 1.54) is 12.8 Å². The van der Waals surface area contributed by atoms with E-state index in [0.29, 0.717) is 0 Å². The van der Waals surface area contributed by atoms with Crippen LogP contribution < -0.4 is 0 Å². The van der Waals surface area contributed by atoms with Crippen molar-refractivity contribution < 1.29 is 5.11 Å². The molecule has 2 heterocycles. The van der Waals surface area contributed by atoms with Crippen LogP contribution in [0.4, 0.5) is 0 Å². The first-order valence-corrected chi connectivity index (χ1v) is 7.40. The maximum atomic E-state index is 10.8.